The van der Waals surface area contributed by atoms with Gasteiger partial charge in [0.15, 0.2) is 5.58 Å². The molecule has 0 bridgehead atoms. The van der Waals surface area contributed by atoms with Crippen LogP contribution in [0.4, 0.5) is 4.39 Å². The van der Waals surface area contributed by atoms with Gasteiger partial charge >= 0.3 is 5.97 Å². The van der Waals surface area contributed by atoms with E-state index in [0.29, 0.717) is 57.7 Å². The molecule has 8 heteroatoms. The fraction of sp³-hybridized carbons (Fsp3) is 0.300. The standard InChI is InChI=1S/C20H17Cl2FN2O3/c21-14-7-13(8-15(22)10-14)19-24-17-2-1-12(9-18(17)28-19)20(26)27-16-3-5-25(11-16)6-4-23/h1-2,7-10,16H,3-6,11H2. The van der Waals surface area contributed by atoms with E-state index < -0.39 is 12.6 Å². The summed E-state index contributed by atoms with van der Waals surface area (Å²) in [6.07, 6.45) is 0.476. The number of carbonyl (C=O) groups excluding carboxylic acids is 1. The molecule has 1 aliphatic heterocycles. The molecule has 1 unspecified atom stereocenters. The first-order valence-corrected chi connectivity index (χ1v) is 9.64. The van der Waals surface area contributed by atoms with E-state index in [1.54, 1.807) is 36.4 Å². The van der Waals surface area contributed by atoms with Gasteiger partial charge in [-0.1, -0.05) is 23.2 Å². The number of hydrogen-bond donors (Lipinski definition) is 0. The monoisotopic (exact) mass is 422 g/mol. The highest BCUT2D eigenvalue weighted by atomic mass is 35.5. The normalized spacial score (nSPS) is 17.3. The molecule has 0 aliphatic carbocycles. The van der Waals surface area contributed by atoms with E-state index in [-0.39, 0.29) is 6.10 Å². The Balaban J connectivity index is 1.52. The van der Waals surface area contributed by atoms with Crippen LogP contribution in [0.2, 0.25) is 10.0 Å². The van der Waals surface area contributed by atoms with Crippen molar-refractivity contribution in [1.29, 1.82) is 0 Å². The minimum absolute atomic E-state index is 0.228. The zero-order valence-electron chi connectivity index (χ0n) is 14.8. The van der Waals surface area contributed by atoms with Gasteiger partial charge in [0.05, 0.1) is 5.56 Å². The third-order valence-corrected chi connectivity index (χ3v) is 5.07. The first-order valence-electron chi connectivity index (χ1n) is 8.88. The van der Waals surface area contributed by atoms with Crippen molar-refractivity contribution in [1.82, 2.24) is 9.88 Å². The Morgan fingerprint density at radius 2 is 2.04 bits per heavy atom. The van der Waals surface area contributed by atoms with Crippen LogP contribution in [0.15, 0.2) is 40.8 Å². The van der Waals surface area contributed by atoms with Crippen molar-refractivity contribution in [2.24, 2.45) is 0 Å². The summed E-state index contributed by atoms with van der Waals surface area (Å²) in [6, 6.07) is 9.99. The van der Waals surface area contributed by atoms with Crippen molar-refractivity contribution in [3.05, 3.63) is 52.0 Å². The smallest absolute Gasteiger partial charge is 0.338 e. The number of fused-ring (bicyclic) bond motifs is 1. The first kappa shape index (κ1) is 19.2. The Bertz CT molecular complexity index is 1000. The molecular formula is C20H17Cl2FN2O3. The molecule has 0 saturated carbocycles. The second-order valence-corrected chi connectivity index (χ2v) is 7.54. The average molecular weight is 423 g/mol. The van der Waals surface area contributed by atoms with Crippen molar-refractivity contribution in [3.8, 4) is 11.5 Å². The number of rotatable bonds is 5. The Labute approximate surface area is 171 Å². The van der Waals surface area contributed by atoms with Crippen molar-refractivity contribution >= 4 is 40.3 Å². The van der Waals surface area contributed by atoms with E-state index in [1.807, 2.05) is 4.90 Å². The number of likely N-dealkylation sites (tertiary alicyclic amines) is 1. The molecule has 0 N–H and O–H groups in total. The molecule has 2 aromatic carbocycles. The lowest BCUT2D eigenvalue weighted by Crippen LogP contribution is -2.26. The van der Waals surface area contributed by atoms with Crippen LogP contribution in [0.5, 0.6) is 0 Å². The fourth-order valence-corrected chi connectivity index (χ4v) is 3.81. The van der Waals surface area contributed by atoms with Gasteiger partial charge in [-0.2, -0.15) is 0 Å². The highest BCUT2D eigenvalue weighted by Crippen LogP contribution is 2.30. The topological polar surface area (TPSA) is 55.6 Å². The van der Waals surface area contributed by atoms with Gasteiger partial charge in [-0.3, -0.25) is 4.90 Å². The van der Waals surface area contributed by atoms with Crippen molar-refractivity contribution in [2.45, 2.75) is 12.5 Å². The van der Waals surface area contributed by atoms with E-state index in [0.717, 1.165) is 6.54 Å². The molecule has 3 aromatic rings. The lowest BCUT2D eigenvalue weighted by molar-refractivity contribution is 0.0321. The lowest BCUT2D eigenvalue weighted by Gasteiger charge is -2.14. The zero-order valence-corrected chi connectivity index (χ0v) is 16.3. The highest BCUT2D eigenvalue weighted by molar-refractivity contribution is 6.35. The molecular weight excluding hydrogens is 406 g/mol. The maximum absolute atomic E-state index is 12.5. The molecule has 5 nitrogen and oxygen atoms in total. The average Bonchev–Trinajstić information content (AvgIpc) is 3.27. The van der Waals surface area contributed by atoms with E-state index >= 15 is 0 Å². The van der Waals surface area contributed by atoms with Crippen molar-refractivity contribution in [3.63, 3.8) is 0 Å². The molecule has 28 heavy (non-hydrogen) atoms. The van der Waals surface area contributed by atoms with E-state index in [4.69, 9.17) is 32.4 Å². The van der Waals surface area contributed by atoms with E-state index in [1.165, 1.54) is 0 Å². The predicted octanol–water partition coefficient (Wildman–Crippen LogP) is 5.00. The van der Waals surface area contributed by atoms with Gasteiger partial charge in [-0.15, -0.1) is 0 Å². The molecule has 1 atom stereocenters. The van der Waals surface area contributed by atoms with Crippen LogP contribution < -0.4 is 0 Å². The van der Waals surface area contributed by atoms with Crippen LogP contribution >= 0.6 is 23.2 Å². The van der Waals surface area contributed by atoms with Gasteiger partial charge in [0.2, 0.25) is 5.89 Å². The fourth-order valence-electron chi connectivity index (χ4n) is 3.29. The minimum Gasteiger partial charge on any atom is -0.457 e. The van der Waals surface area contributed by atoms with Crippen LogP contribution in [0.1, 0.15) is 16.8 Å². The molecule has 0 spiro atoms. The largest absolute Gasteiger partial charge is 0.457 e. The molecule has 0 radical (unpaired) electrons. The molecule has 1 aromatic heterocycles. The number of esters is 1. The van der Waals surface area contributed by atoms with E-state index in [2.05, 4.69) is 4.98 Å². The number of nitrogens with zero attached hydrogens (tertiary/aromatic N) is 2. The predicted molar refractivity (Wildman–Crippen MR) is 106 cm³/mol. The number of benzene rings is 2. The zero-order chi connectivity index (χ0) is 19.7. The van der Waals surface area contributed by atoms with Gasteiger partial charge in [0, 0.05) is 35.2 Å². The third-order valence-electron chi connectivity index (χ3n) is 4.64. The molecule has 4 rings (SSSR count). The summed E-state index contributed by atoms with van der Waals surface area (Å²) in [7, 11) is 0. The second kappa shape index (κ2) is 8.07. The Hall–Kier alpha value is -2.15. The molecule has 0 amide bonds. The SMILES string of the molecule is O=C(OC1CCN(CCF)C1)c1ccc2nc(-c3cc(Cl)cc(Cl)c3)oc2c1. The summed E-state index contributed by atoms with van der Waals surface area (Å²) >= 11 is 12.1. The molecule has 1 fully saturated rings. The maximum Gasteiger partial charge on any atom is 0.338 e. The summed E-state index contributed by atoms with van der Waals surface area (Å²) in [5.41, 5.74) is 2.10. The van der Waals surface area contributed by atoms with Gasteiger partial charge in [0.25, 0.3) is 0 Å². The summed E-state index contributed by atoms with van der Waals surface area (Å²) in [5, 5.41) is 0.958. The van der Waals surface area contributed by atoms with Crippen molar-refractivity contribution in [2.75, 3.05) is 26.3 Å². The number of ether oxygens (including phenoxy) is 1. The van der Waals surface area contributed by atoms with Crippen LogP contribution in [-0.4, -0.2) is 48.3 Å². The van der Waals surface area contributed by atoms with Crippen molar-refractivity contribution < 1.29 is 18.3 Å². The molecule has 146 valence electrons. The van der Waals surface area contributed by atoms with Crippen LogP contribution in [0, 0.1) is 0 Å². The summed E-state index contributed by atoms with van der Waals surface area (Å²) in [4.78, 5) is 18.8. The van der Waals surface area contributed by atoms with E-state index in [9.17, 15) is 9.18 Å². The highest BCUT2D eigenvalue weighted by Gasteiger charge is 2.26. The molecule has 1 saturated heterocycles. The van der Waals surface area contributed by atoms with Gasteiger partial charge < -0.3 is 9.15 Å². The Morgan fingerprint density at radius 3 is 2.79 bits per heavy atom. The number of hydrogen-bond acceptors (Lipinski definition) is 5. The third kappa shape index (κ3) is 4.14. The van der Waals surface area contributed by atoms with Gasteiger partial charge in [-0.25, -0.2) is 14.2 Å². The summed E-state index contributed by atoms with van der Waals surface area (Å²) in [6.45, 7) is 1.26. The number of alkyl halides is 1. The number of halogens is 3. The Kier molecular flexibility index (Phi) is 5.53. The number of oxazole rings is 1. The summed E-state index contributed by atoms with van der Waals surface area (Å²) < 4.78 is 23.8. The van der Waals surface area contributed by atoms with Crippen LogP contribution in [0.25, 0.3) is 22.6 Å². The maximum atomic E-state index is 12.5. The second-order valence-electron chi connectivity index (χ2n) is 6.67. The molecule has 2 heterocycles. The minimum atomic E-state index is -0.433. The van der Waals surface area contributed by atoms with Crippen LogP contribution in [0.3, 0.4) is 0 Å². The first-order chi connectivity index (χ1) is 13.5. The summed E-state index contributed by atoms with van der Waals surface area (Å²) in [5.74, 6) is -0.0691. The van der Waals surface area contributed by atoms with Crippen LogP contribution in [-0.2, 0) is 4.74 Å². The lowest BCUT2D eigenvalue weighted by atomic mass is 10.2. The number of aromatic nitrogens is 1. The Morgan fingerprint density at radius 1 is 1.25 bits per heavy atom. The quantitative estimate of drug-likeness (QED) is 0.541. The van der Waals surface area contributed by atoms with Gasteiger partial charge in [-0.05, 0) is 42.8 Å². The number of carbonyl (C=O) groups is 1. The molecule has 1 aliphatic rings. The van der Waals surface area contributed by atoms with Gasteiger partial charge in [0.1, 0.15) is 18.3 Å².